The van der Waals surface area contributed by atoms with Gasteiger partial charge in [-0.15, -0.1) is 0 Å². The van der Waals surface area contributed by atoms with Gasteiger partial charge in [0.25, 0.3) is 0 Å². The van der Waals surface area contributed by atoms with Crippen molar-refractivity contribution >= 4 is 0 Å². The minimum Gasteiger partial charge on any atom is -0.490 e. The lowest BCUT2D eigenvalue weighted by Gasteiger charge is -2.07. The molecule has 0 fully saturated rings. The highest BCUT2D eigenvalue weighted by atomic mass is 16.5. The van der Waals surface area contributed by atoms with E-state index in [1.54, 1.807) is 12.1 Å². The first-order valence-corrected chi connectivity index (χ1v) is 5.41. The zero-order chi connectivity index (χ0) is 12.1. The van der Waals surface area contributed by atoms with E-state index in [0.29, 0.717) is 24.5 Å². The van der Waals surface area contributed by atoms with Gasteiger partial charge in [-0.1, -0.05) is 12.1 Å². The Labute approximate surface area is 100 Å². The van der Waals surface area contributed by atoms with Gasteiger partial charge >= 0.3 is 0 Å². The van der Waals surface area contributed by atoms with E-state index in [-0.39, 0.29) is 0 Å². The van der Waals surface area contributed by atoms with Crippen LogP contribution >= 0.6 is 0 Å². The summed E-state index contributed by atoms with van der Waals surface area (Å²) in [4.78, 5) is 0. The van der Waals surface area contributed by atoms with E-state index >= 15 is 0 Å². The van der Waals surface area contributed by atoms with Crippen LogP contribution in [0.15, 0.2) is 36.5 Å². The van der Waals surface area contributed by atoms with Gasteiger partial charge in [0.05, 0.1) is 17.8 Å². The molecule has 1 heterocycles. The van der Waals surface area contributed by atoms with Crippen molar-refractivity contribution < 1.29 is 4.74 Å². The van der Waals surface area contributed by atoms with Gasteiger partial charge in [0.1, 0.15) is 18.4 Å². The quantitative estimate of drug-likeness (QED) is 0.804. The van der Waals surface area contributed by atoms with Crippen molar-refractivity contribution in [3.05, 3.63) is 47.8 Å². The highest BCUT2D eigenvalue weighted by Gasteiger charge is 2.01. The number of hydrogen-bond donors (Lipinski definition) is 0. The van der Waals surface area contributed by atoms with Crippen molar-refractivity contribution in [3.63, 3.8) is 0 Å². The minimum absolute atomic E-state index is 0.500. The predicted molar refractivity (Wildman–Crippen MR) is 63.6 cm³/mol. The Kier molecular flexibility index (Phi) is 3.41. The molecule has 2 aromatic rings. The molecular weight excluding hydrogens is 214 g/mol. The SMILES string of the molecule is Cc1ccn(CCOc2ccccc2C#N)n1. The molecule has 0 N–H and O–H groups in total. The van der Waals surface area contributed by atoms with Gasteiger partial charge in [-0.2, -0.15) is 10.4 Å². The van der Waals surface area contributed by atoms with Gasteiger partial charge in [-0.05, 0) is 25.1 Å². The third-order valence-electron chi connectivity index (χ3n) is 2.36. The van der Waals surface area contributed by atoms with Crippen molar-refractivity contribution in [1.82, 2.24) is 9.78 Å². The largest absolute Gasteiger partial charge is 0.490 e. The van der Waals surface area contributed by atoms with E-state index in [1.165, 1.54) is 0 Å². The Morgan fingerprint density at radius 3 is 2.88 bits per heavy atom. The molecule has 0 aliphatic carbocycles. The molecule has 0 saturated heterocycles. The highest BCUT2D eigenvalue weighted by Crippen LogP contribution is 2.16. The van der Waals surface area contributed by atoms with Crippen molar-refractivity contribution in [2.24, 2.45) is 0 Å². The molecular formula is C13H13N3O. The van der Waals surface area contributed by atoms with Gasteiger partial charge in [0.15, 0.2) is 0 Å². The first-order valence-electron chi connectivity index (χ1n) is 5.41. The Hall–Kier alpha value is -2.28. The minimum atomic E-state index is 0.500. The first kappa shape index (κ1) is 11.2. The molecule has 86 valence electrons. The lowest BCUT2D eigenvalue weighted by Crippen LogP contribution is -2.09. The van der Waals surface area contributed by atoms with Crippen LogP contribution in [-0.4, -0.2) is 16.4 Å². The fourth-order valence-electron chi connectivity index (χ4n) is 1.52. The van der Waals surface area contributed by atoms with Crippen LogP contribution in [0.3, 0.4) is 0 Å². The summed E-state index contributed by atoms with van der Waals surface area (Å²) < 4.78 is 7.38. The summed E-state index contributed by atoms with van der Waals surface area (Å²) in [7, 11) is 0. The maximum Gasteiger partial charge on any atom is 0.137 e. The molecule has 0 unspecified atom stereocenters. The predicted octanol–water partition coefficient (Wildman–Crippen LogP) is 2.14. The van der Waals surface area contributed by atoms with E-state index in [4.69, 9.17) is 10.00 Å². The molecule has 0 saturated carbocycles. The number of rotatable bonds is 4. The van der Waals surface area contributed by atoms with Gasteiger partial charge in [-0.25, -0.2) is 0 Å². The Morgan fingerprint density at radius 2 is 2.18 bits per heavy atom. The average molecular weight is 227 g/mol. The molecule has 0 atom stereocenters. The summed E-state index contributed by atoms with van der Waals surface area (Å²) in [5.41, 5.74) is 1.55. The monoisotopic (exact) mass is 227 g/mol. The van der Waals surface area contributed by atoms with Crippen LogP contribution in [0.25, 0.3) is 0 Å². The summed E-state index contributed by atoms with van der Waals surface area (Å²) >= 11 is 0. The Bertz CT molecular complexity index is 540. The van der Waals surface area contributed by atoms with Crippen LogP contribution in [0.2, 0.25) is 0 Å². The van der Waals surface area contributed by atoms with Gasteiger partial charge in [0.2, 0.25) is 0 Å². The second kappa shape index (κ2) is 5.17. The number of benzene rings is 1. The summed E-state index contributed by atoms with van der Waals surface area (Å²) in [6.07, 6.45) is 1.91. The van der Waals surface area contributed by atoms with Crippen LogP contribution in [0.5, 0.6) is 5.75 Å². The Balaban J connectivity index is 1.92. The molecule has 0 bridgehead atoms. The topological polar surface area (TPSA) is 50.8 Å². The summed E-state index contributed by atoms with van der Waals surface area (Å²) in [5.74, 6) is 0.624. The molecule has 4 nitrogen and oxygen atoms in total. The number of hydrogen-bond acceptors (Lipinski definition) is 3. The van der Waals surface area contributed by atoms with E-state index < -0.39 is 0 Å². The fourth-order valence-corrected chi connectivity index (χ4v) is 1.52. The third kappa shape index (κ3) is 2.85. The zero-order valence-electron chi connectivity index (χ0n) is 9.63. The molecule has 2 rings (SSSR count). The van der Waals surface area contributed by atoms with Crippen LogP contribution in [0.1, 0.15) is 11.3 Å². The van der Waals surface area contributed by atoms with Crippen molar-refractivity contribution in [2.75, 3.05) is 6.61 Å². The van der Waals surface area contributed by atoms with Gasteiger partial charge < -0.3 is 4.74 Å². The number of nitriles is 1. The van der Waals surface area contributed by atoms with Gasteiger partial charge in [0, 0.05) is 6.20 Å². The van der Waals surface area contributed by atoms with Gasteiger partial charge in [-0.3, -0.25) is 4.68 Å². The number of ether oxygens (including phenoxy) is 1. The maximum absolute atomic E-state index is 8.89. The second-order valence-electron chi connectivity index (χ2n) is 3.68. The van der Waals surface area contributed by atoms with E-state index in [2.05, 4.69) is 11.2 Å². The highest BCUT2D eigenvalue weighted by molar-refractivity contribution is 5.42. The van der Waals surface area contributed by atoms with Crippen molar-refractivity contribution in [3.8, 4) is 11.8 Å². The number of nitrogens with zero attached hydrogens (tertiary/aromatic N) is 3. The molecule has 1 aromatic carbocycles. The first-order chi connectivity index (χ1) is 8.29. The molecule has 4 heteroatoms. The molecule has 1 aromatic heterocycles. The average Bonchev–Trinajstić information content (AvgIpc) is 2.76. The summed E-state index contributed by atoms with van der Waals surface area (Å²) in [5, 5.41) is 13.1. The number of para-hydroxylation sites is 1. The lowest BCUT2D eigenvalue weighted by atomic mass is 10.2. The van der Waals surface area contributed by atoms with Crippen LogP contribution < -0.4 is 4.74 Å². The van der Waals surface area contributed by atoms with Crippen molar-refractivity contribution in [1.29, 1.82) is 5.26 Å². The van der Waals surface area contributed by atoms with E-state index in [0.717, 1.165) is 5.69 Å². The Morgan fingerprint density at radius 1 is 1.35 bits per heavy atom. The number of aryl methyl sites for hydroxylation is 1. The number of aromatic nitrogens is 2. The van der Waals surface area contributed by atoms with Crippen LogP contribution in [0.4, 0.5) is 0 Å². The standard InChI is InChI=1S/C13H13N3O/c1-11-6-7-16(15-11)8-9-17-13-5-3-2-4-12(13)10-14/h2-7H,8-9H2,1H3. The molecule has 0 amide bonds. The van der Waals surface area contributed by atoms with E-state index in [9.17, 15) is 0 Å². The maximum atomic E-state index is 8.89. The van der Waals surface area contributed by atoms with Crippen molar-refractivity contribution in [2.45, 2.75) is 13.5 Å². The summed E-state index contributed by atoms with van der Waals surface area (Å²) in [6.45, 7) is 3.12. The smallest absolute Gasteiger partial charge is 0.137 e. The fraction of sp³-hybridized carbons (Fsp3) is 0.231. The molecule has 17 heavy (non-hydrogen) atoms. The summed E-state index contributed by atoms with van der Waals surface area (Å²) in [6, 6.07) is 11.3. The van der Waals surface area contributed by atoms with Crippen LogP contribution in [0, 0.1) is 18.3 Å². The molecule has 0 spiro atoms. The van der Waals surface area contributed by atoms with Crippen LogP contribution in [-0.2, 0) is 6.54 Å². The molecule has 0 aliphatic rings. The van der Waals surface area contributed by atoms with E-state index in [1.807, 2.05) is 36.0 Å². The second-order valence-corrected chi connectivity index (χ2v) is 3.68. The molecule has 0 aliphatic heterocycles. The third-order valence-corrected chi connectivity index (χ3v) is 2.36. The molecule has 0 radical (unpaired) electrons. The normalized spacial score (nSPS) is 9.88. The zero-order valence-corrected chi connectivity index (χ0v) is 9.63. The lowest BCUT2D eigenvalue weighted by molar-refractivity contribution is 0.290.